The molecule has 100 valence electrons. The molecule has 0 saturated heterocycles. The van der Waals surface area contributed by atoms with Crippen LogP contribution in [-0.4, -0.2) is 16.3 Å². The molecule has 2 aromatic rings. The number of para-hydroxylation sites is 1. The van der Waals surface area contributed by atoms with Crippen LogP contribution in [0.2, 0.25) is 0 Å². The molecule has 0 radical (unpaired) electrons. The second kappa shape index (κ2) is 5.03. The molecule has 1 aliphatic heterocycles. The van der Waals surface area contributed by atoms with E-state index in [2.05, 4.69) is 17.3 Å². The van der Waals surface area contributed by atoms with Gasteiger partial charge in [-0.2, -0.15) is 5.10 Å². The monoisotopic (exact) mass is 259 g/mol. The van der Waals surface area contributed by atoms with Crippen molar-refractivity contribution in [3.8, 4) is 5.69 Å². The maximum atomic E-state index is 13.9. The predicted molar refractivity (Wildman–Crippen MR) is 74.3 cm³/mol. The molecule has 0 unspecified atom stereocenters. The number of halogens is 1. The lowest BCUT2D eigenvalue weighted by molar-refractivity contribution is 0.609. The van der Waals surface area contributed by atoms with Crippen molar-refractivity contribution >= 4 is 5.82 Å². The number of nitrogens with one attached hydrogen (secondary N) is 1. The number of hydrogen-bond donors (Lipinski definition) is 1. The van der Waals surface area contributed by atoms with E-state index in [9.17, 15) is 4.39 Å². The SMILES string of the molecule is CCCCc1nn(-c2ccccc2F)c2c1CCN2. The van der Waals surface area contributed by atoms with Crippen molar-refractivity contribution in [3.05, 3.63) is 41.3 Å². The van der Waals surface area contributed by atoms with Crippen LogP contribution >= 0.6 is 0 Å². The van der Waals surface area contributed by atoms with Crippen LogP contribution in [0.3, 0.4) is 0 Å². The molecule has 1 aliphatic rings. The Kier molecular flexibility index (Phi) is 3.23. The molecule has 2 heterocycles. The van der Waals surface area contributed by atoms with Crippen LogP contribution in [0.15, 0.2) is 24.3 Å². The van der Waals surface area contributed by atoms with Gasteiger partial charge in [-0.15, -0.1) is 0 Å². The number of aryl methyl sites for hydroxylation is 1. The molecule has 3 rings (SSSR count). The fraction of sp³-hybridized carbons (Fsp3) is 0.400. The first kappa shape index (κ1) is 12.2. The van der Waals surface area contributed by atoms with Crippen molar-refractivity contribution in [1.82, 2.24) is 9.78 Å². The number of benzene rings is 1. The maximum absolute atomic E-state index is 13.9. The first-order valence-corrected chi connectivity index (χ1v) is 6.90. The quantitative estimate of drug-likeness (QED) is 0.912. The maximum Gasteiger partial charge on any atom is 0.148 e. The molecule has 0 fully saturated rings. The van der Waals surface area contributed by atoms with Gasteiger partial charge in [-0.3, -0.25) is 0 Å². The highest BCUT2D eigenvalue weighted by molar-refractivity contribution is 5.57. The Morgan fingerprint density at radius 1 is 1.37 bits per heavy atom. The van der Waals surface area contributed by atoms with Crippen LogP contribution in [-0.2, 0) is 12.8 Å². The summed E-state index contributed by atoms with van der Waals surface area (Å²) in [6, 6.07) is 6.79. The first-order chi connectivity index (χ1) is 9.31. The average molecular weight is 259 g/mol. The number of nitrogens with zero attached hydrogens (tertiary/aromatic N) is 2. The minimum atomic E-state index is -0.233. The molecule has 0 amide bonds. The molecule has 1 N–H and O–H groups in total. The van der Waals surface area contributed by atoms with E-state index < -0.39 is 0 Å². The zero-order valence-corrected chi connectivity index (χ0v) is 11.1. The minimum Gasteiger partial charge on any atom is -0.369 e. The van der Waals surface area contributed by atoms with E-state index in [0.717, 1.165) is 43.7 Å². The Hall–Kier alpha value is -1.84. The van der Waals surface area contributed by atoms with Gasteiger partial charge in [0.2, 0.25) is 0 Å². The molecule has 0 bridgehead atoms. The Morgan fingerprint density at radius 3 is 3.00 bits per heavy atom. The summed E-state index contributed by atoms with van der Waals surface area (Å²) in [7, 11) is 0. The van der Waals surface area contributed by atoms with Gasteiger partial charge in [0.05, 0.1) is 5.69 Å². The molecule has 19 heavy (non-hydrogen) atoms. The molecule has 3 nitrogen and oxygen atoms in total. The van der Waals surface area contributed by atoms with E-state index in [1.807, 2.05) is 6.07 Å². The van der Waals surface area contributed by atoms with Crippen LogP contribution in [0.1, 0.15) is 31.0 Å². The van der Waals surface area contributed by atoms with Gasteiger partial charge >= 0.3 is 0 Å². The lowest BCUT2D eigenvalue weighted by Crippen LogP contribution is -2.06. The van der Waals surface area contributed by atoms with Crippen molar-refractivity contribution in [3.63, 3.8) is 0 Å². The zero-order chi connectivity index (χ0) is 13.2. The summed E-state index contributed by atoms with van der Waals surface area (Å²) in [5.74, 6) is 0.736. The summed E-state index contributed by atoms with van der Waals surface area (Å²) in [6.45, 7) is 3.09. The van der Waals surface area contributed by atoms with Crippen LogP contribution in [0, 0.1) is 5.82 Å². The number of fused-ring (bicyclic) bond motifs is 1. The number of aromatic nitrogens is 2. The largest absolute Gasteiger partial charge is 0.369 e. The second-order valence-corrected chi connectivity index (χ2v) is 4.92. The third-order valence-corrected chi connectivity index (χ3v) is 3.58. The van der Waals surface area contributed by atoms with E-state index >= 15 is 0 Å². The Bertz CT molecular complexity index is 589. The van der Waals surface area contributed by atoms with Gasteiger partial charge < -0.3 is 5.32 Å². The molecule has 0 aliphatic carbocycles. The van der Waals surface area contributed by atoms with Gasteiger partial charge in [-0.25, -0.2) is 9.07 Å². The standard InChI is InChI=1S/C15H18FN3/c1-2-3-7-13-11-9-10-17-15(11)19(18-13)14-8-5-4-6-12(14)16/h4-6,8,17H,2-3,7,9-10H2,1H3. The highest BCUT2D eigenvalue weighted by atomic mass is 19.1. The summed E-state index contributed by atoms with van der Waals surface area (Å²) in [4.78, 5) is 0. The third-order valence-electron chi connectivity index (χ3n) is 3.58. The summed E-state index contributed by atoms with van der Waals surface area (Å²) in [5, 5.41) is 7.94. The normalized spacial score (nSPS) is 13.4. The molecular weight excluding hydrogens is 241 g/mol. The lowest BCUT2D eigenvalue weighted by Gasteiger charge is -2.07. The fourth-order valence-electron chi connectivity index (χ4n) is 2.59. The van der Waals surface area contributed by atoms with Crippen molar-refractivity contribution in [2.75, 3.05) is 11.9 Å². The van der Waals surface area contributed by atoms with Gasteiger partial charge in [-0.05, 0) is 31.4 Å². The zero-order valence-electron chi connectivity index (χ0n) is 11.1. The molecule has 4 heteroatoms. The van der Waals surface area contributed by atoms with E-state index in [0.29, 0.717) is 5.69 Å². The third kappa shape index (κ3) is 2.11. The minimum absolute atomic E-state index is 0.233. The van der Waals surface area contributed by atoms with Gasteiger partial charge in [0.1, 0.15) is 17.3 Å². The predicted octanol–water partition coefficient (Wildman–Crippen LogP) is 3.32. The van der Waals surface area contributed by atoms with Crippen LogP contribution < -0.4 is 5.32 Å². The van der Waals surface area contributed by atoms with E-state index in [1.165, 1.54) is 11.6 Å². The Labute approximate surface area is 112 Å². The first-order valence-electron chi connectivity index (χ1n) is 6.90. The Morgan fingerprint density at radius 2 is 2.21 bits per heavy atom. The summed E-state index contributed by atoms with van der Waals surface area (Å²) in [5.41, 5.74) is 2.90. The van der Waals surface area contributed by atoms with Crippen molar-refractivity contribution in [2.45, 2.75) is 32.6 Å². The van der Waals surface area contributed by atoms with Crippen LogP contribution in [0.25, 0.3) is 5.69 Å². The van der Waals surface area contributed by atoms with E-state index in [-0.39, 0.29) is 5.82 Å². The molecule has 0 atom stereocenters. The highest BCUT2D eigenvalue weighted by Gasteiger charge is 2.23. The van der Waals surface area contributed by atoms with Gasteiger partial charge in [0.25, 0.3) is 0 Å². The van der Waals surface area contributed by atoms with Crippen molar-refractivity contribution in [1.29, 1.82) is 0 Å². The van der Waals surface area contributed by atoms with Gasteiger partial charge in [-0.1, -0.05) is 25.5 Å². The highest BCUT2D eigenvalue weighted by Crippen LogP contribution is 2.30. The number of hydrogen-bond acceptors (Lipinski definition) is 2. The second-order valence-electron chi connectivity index (χ2n) is 4.92. The average Bonchev–Trinajstić information content (AvgIpc) is 3.00. The lowest BCUT2D eigenvalue weighted by atomic mass is 10.1. The van der Waals surface area contributed by atoms with E-state index in [1.54, 1.807) is 16.8 Å². The number of anilines is 1. The van der Waals surface area contributed by atoms with Crippen LogP contribution in [0.5, 0.6) is 0 Å². The molecule has 1 aromatic heterocycles. The number of unbranched alkanes of at least 4 members (excludes halogenated alkanes) is 1. The van der Waals surface area contributed by atoms with Crippen LogP contribution in [0.4, 0.5) is 10.2 Å². The fourth-order valence-corrected chi connectivity index (χ4v) is 2.59. The van der Waals surface area contributed by atoms with Gasteiger partial charge in [0.15, 0.2) is 0 Å². The molecule has 0 saturated carbocycles. The van der Waals surface area contributed by atoms with E-state index in [4.69, 9.17) is 0 Å². The summed E-state index contributed by atoms with van der Waals surface area (Å²) < 4.78 is 15.6. The topological polar surface area (TPSA) is 29.9 Å². The Balaban J connectivity index is 2.05. The summed E-state index contributed by atoms with van der Waals surface area (Å²) in [6.07, 6.45) is 4.24. The van der Waals surface area contributed by atoms with Crippen molar-refractivity contribution in [2.24, 2.45) is 0 Å². The van der Waals surface area contributed by atoms with Crippen molar-refractivity contribution < 1.29 is 4.39 Å². The number of rotatable bonds is 4. The molecule has 0 spiro atoms. The smallest absolute Gasteiger partial charge is 0.148 e. The molecule has 1 aromatic carbocycles. The van der Waals surface area contributed by atoms with Gasteiger partial charge in [0, 0.05) is 12.1 Å². The molecular formula is C15H18FN3. The summed E-state index contributed by atoms with van der Waals surface area (Å²) >= 11 is 0.